The van der Waals surface area contributed by atoms with Crippen molar-refractivity contribution in [2.75, 3.05) is 20.1 Å². The molecule has 0 aliphatic heterocycles. The lowest BCUT2D eigenvalue weighted by Crippen LogP contribution is -2.20. The van der Waals surface area contributed by atoms with E-state index in [1.54, 1.807) is 6.08 Å². The van der Waals surface area contributed by atoms with E-state index in [-0.39, 0.29) is 0 Å². The van der Waals surface area contributed by atoms with Gasteiger partial charge in [-0.2, -0.15) is 0 Å². The molecule has 82 valence electrons. The number of nitrogens with zero attached hydrogens (tertiary/aromatic N) is 1. The average molecular weight is 199 g/mol. The summed E-state index contributed by atoms with van der Waals surface area (Å²) in [6.45, 7) is 6.17. The van der Waals surface area contributed by atoms with Crippen LogP contribution in [0.3, 0.4) is 0 Å². The highest BCUT2D eigenvalue weighted by Gasteiger charge is 1.97. The fourth-order valence-electron chi connectivity index (χ4n) is 1.19. The Morgan fingerprint density at radius 2 is 2.14 bits per heavy atom. The van der Waals surface area contributed by atoms with Crippen LogP contribution in [0.15, 0.2) is 12.2 Å². The minimum absolute atomic E-state index is 0.713. The molecule has 0 aliphatic carbocycles. The summed E-state index contributed by atoms with van der Waals surface area (Å²) in [6.07, 6.45) is 5.28. The molecule has 0 spiro atoms. The van der Waals surface area contributed by atoms with Gasteiger partial charge in [-0.15, -0.1) is 0 Å². The van der Waals surface area contributed by atoms with E-state index in [0.29, 0.717) is 6.54 Å². The summed E-state index contributed by atoms with van der Waals surface area (Å²) in [5.41, 5.74) is 0. The second-order valence-electron chi connectivity index (χ2n) is 4.04. The van der Waals surface area contributed by atoms with E-state index < -0.39 is 5.97 Å². The summed E-state index contributed by atoms with van der Waals surface area (Å²) in [6, 6.07) is 0. The molecule has 3 heteroatoms. The van der Waals surface area contributed by atoms with Crippen LogP contribution in [0.5, 0.6) is 0 Å². The van der Waals surface area contributed by atoms with E-state index in [0.717, 1.165) is 12.5 Å². The quantitative estimate of drug-likeness (QED) is 0.637. The molecule has 0 aliphatic rings. The predicted octanol–water partition coefficient (Wildman–Crippen LogP) is 2.00. The minimum atomic E-state index is -0.874. The highest BCUT2D eigenvalue weighted by molar-refractivity contribution is 5.79. The predicted molar refractivity (Wildman–Crippen MR) is 58.3 cm³/mol. The van der Waals surface area contributed by atoms with Crippen LogP contribution in [-0.2, 0) is 4.79 Å². The fourth-order valence-corrected chi connectivity index (χ4v) is 1.19. The third kappa shape index (κ3) is 9.26. The van der Waals surface area contributed by atoms with Crippen LogP contribution in [0, 0.1) is 5.92 Å². The van der Waals surface area contributed by atoms with Crippen LogP contribution >= 0.6 is 0 Å². The van der Waals surface area contributed by atoms with E-state index in [2.05, 4.69) is 18.7 Å². The Labute approximate surface area is 86.4 Å². The van der Waals surface area contributed by atoms with Gasteiger partial charge < -0.3 is 10.0 Å². The molecular formula is C11H21NO2. The van der Waals surface area contributed by atoms with Gasteiger partial charge in [-0.1, -0.05) is 19.9 Å². The molecule has 0 fully saturated rings. The molecule has 0 saturated heterocycles. The number of carboxylic acid groups (broad SMARTS) is 1. The number of likely N-dealkylation sites (N-methyl/N-ethyl adjacent to an activating group) is 1. The first-order valence-electron chi connectivity index (χ1n) is 5.10. The highest BCUT2D eigenvalue weighted by Crippen LogP contribution is 2.03. The number of carbonyl (C=O) groups is 1. The molecule has 0 rings (SSSR count). The van der Waals surface area contributed by atoms with Crippen molar-refractivity contribution in [1.82, 2.24) is 4.90 Å². The second kappa shape index (κ2) is 7.56. The summed E-state index contributed by atoms with van der Waals surface area (Å²) < 4.78 is 0. The molecule has 0 aromatic rings. The molecule has 0 heterocycles. The van der Waals surface area contributed by atoms with E-state index in [4.69, 9.17) is 5.11 Å². The van der Waals surface area contributed by atoms with Crippen molar-refractivity contribution >= 4 is 5.97 Å². The lowest BCUT2D eigenvalue weighted by atomic mass is 10.1. The van der Waals surface area contributed by atoms with Crippen molar-refractivity contribution in [3.05, 3.63) is 12.2 Å². The van der Waals surface area contributed by atoms with Crippen LogP contribution in [0.4, 0.5) is 0 Å². The van der Waals surface area contributed by atoms with Gasteiger partial charge in [0.05, 0.1) is 0 Å². The van der Waals surface area contributed by atoms with E-state index >= 15 is 0 Å². The molecule has 0 bridgehead atoms. The van der Waals surface area contributed by atoms with Gasteiger partial charge in [0.15, 0.2) is 0 Å². The van der Waals surface area contributed by atoms with Crippen molar-refractivity contribution in [2.45, 2.75) is 26.7 Å². The van der Waals surface area contributed by atoms with Gasteiger partial charge in [0.2, 0.25) is 0 Å². The van der Waals surface area contributed by atoms with Gasteiger partial charge in [0.1, 0.15) is 0 Å². The standard InChI is InChI=1S/C11H21NO2/c1-10(2)6-4-8-12(3)9-5-7-11(13)14/h5,7,10H,4,6,8-9H2,1-3H3,(H,13,14)/b7-5+. The zero-order valence-electron chi connectivity index (χ0n) is 9.36. The number of hydrogen-bond acceptors (Lipinski definition) is 2. The van der Waals surface area contributed by atoms with Crippen molar-refractivity contribution in [2.24, 2.45) is 5.92 Å². The van der Waals surface area contributed by atoms with Gasteiger partial charge in [-0.05, 0) is 32.4 Å². The normalized spacial score (nSPS) is 11.8. The molecule has 0 saturated carbocycles. The van der Waals surface area contributed by atoms with Crippen LogP contribution < -0.4 is 0 Å². The van der Waals surface area contributed by atoms with E-state index in [1.807, 2.05) is 7.05 Å². The van der Waals surface area contributed by atoms with Gasteiger partial charge in [0.25, 0.3) is 0 Å². The molecule has 0 radical (unpaired) electrons. The van der Waals surface area contributed by atoms with Gasteiger partial charge in [0, 0.05) is 12.6 Å². The topological polar surface area (TPSA) is 40.5 Å². The second-order valence-corrected chi connectivity index (χ2v) is 4.04. The Morgan fingerprint density at radius 3 is 2.64 bits per heavy atom. The molecule has 0 aromatic heterocycles. The maximum Gasteiger partial charge on any atom is 0.328 e. The summed E-state index contributed by atoms with van der Waals surface area (Å²) in [5.74, 6) is -0.126. The third-order valence-corrected chi connectivity index (χ3v) is 2.00. The average Bonchev–Trinajstić information content (AvgIpc) is 2.02. The van der Waals surface area contributed by atoms with Crippen LogP contribution in [0.1, 0.15) is 26.7 Å². The van der Waals surface area contributed by atoms with Crippen LogP contribution in [0.25, 0.3) is 0 Å². The highest BCUT2D eigenvalue weighted by atomic mass is 16.4. The van der Waals surface area contributed by atoms with Crippen molar-refractivity contribution in [3.8, 4) is 0 Å². The summed E-state index contributed by atoms with van der Waals surface area (Å²) >= 11 is 0. The summed E-state index contributed by atoms with van der Waals surface area (Å²) in [7, 11) is 2.01. The van der Waals surface area contributed by atoms with Gasteiger partial charge in [-0.25, -0.2) is 4.79 Å². The molecule has 0 amide bonds. The van der Waals surface area contributed by atoms with E-state index in [1.165, 1.54) is 18.9 Å². The number of carboxylic acids is 1. The van der Waals surface area contributed by atoms with E-state index in [9.17, 15) is 4.79 Å². The van der Waals surface area contributed by atoms with Gasteiger partial charge in [-0.3, -0.25) is 0 Å². The Morgan fingerprint density at radius 1 is 1.50 bits per heavy atom. The Hall–Kier alpha value is -0.830. The molecule has 1 N–H and O–H groups in total. The lowest BCUT2D eigenvalue weighted by Gasteiger charge is -2.14. The zero-order chi connectivity index (χ0) is 11.0. The summed E-state index contributed by atoms with van der Waals surface area (Å²) in [4.78, 5) is 12.3. The minimum Gasteiger partial charge on any atom is -0.478 e. The van der Waals surface area contributed by atoms with Crippen molar-refractivity contribution in [1.29, 1.82) is 0 Å². The summed E-state index contributed by atoms with van der Waals surface area (Å²) in [5, 5.41) is 8.37. The molecule has 0 aromatic carbocycles. The number of rotatable bonds is 7. The van der Waals surface area contributed by atoms with Gasteiger partial charge >= 0.3 is 5.97 Å². The molecule has 0 unspecified atom stereocenters. The number of aliphatic carboxylic acids is 1. The SMILES string of the molecule is CC(C)CCCN(C)C/C=C/C(=O)O. The maximum atomic E-state index is 10.2. The lowest BCUT2D eigenvalue weighted by molar-refractivity contribution is -0.131. The zero-order valence-corrected chi connectivity index (χ0v) is 9.36. The Kier molecular flexibility index (Phi) is 7.11. The first kappa shape index (κ1) is 13.2. The first-order valence-corrected chi connectivity index (χ1v) is 5.10. The monoisotopic (exact) mass is 199 g/mol. The third-order valence-electron chi connectivity index (χ3n) is 2.00. The molecule has 0 atom stereocenters. The molecular weight excluding hydrogens is 178 g/mol. The Balaban J connectivity index is 3.45. The van der Waals surface area contributed by atoms with Crippen LogP contribution in [0.2, 0.25) is 0 Å². The van der Waals surface area contributed by atoms with Crippen molar-refractivity contribution < 1.29 is 9.90 Å². The largest absolute Gasteiger partial charge is 0.478 e. The van der Waals surface area contributed by atoms with Crippen LogP contribution in [-0.4, -0.2) is 36.1 Å². The fraction of sp³-hybridized carbons (Fsp3) is 0.727. The molecule has 3 nitrogen and oxygen atoms in total. The van der Waals surface area contributed by atoms with Crippen molar-refractivity contribution in [3.63, 3.8) is 0 Å². The number of hydrogen-bond donors (Lipinski definition) is 1. The Bertz CT molecular complexity index is 188. The molecule has 14 heavy (non-hydrogen) atoms. The maximum absolute atomic E-state index is 10.2. The first-order chi connectivity index (χ1) is 6.52. The smallest absolute Gasteiger partial charge is 0.328 e.